The van der Waals surface area contributed by atoms with Gasteiger partial charge in [0.25, 0.3) is 0 Å². The van der Waals surface area contributed by atoms with Crippen molar-refractivity contribution < 1.29 is 9.53 Å². The molecule has 0 atom stereocenters. The van der Waals surface area contributed by atoms with Gasteiger partial charge in [-0.25, -0.2) is 9.78 Å². The molecule has 0 N–H and O–H groups in total. The summed E-state index contributed by atoms with van der Waals surface area (Å²) in [6, 6.07) is 2.62. The number of ether oxygens (including phenoxy) is 1. The minimum absolute atomic E-state index is 0.343. The second-order valence-corrected chi connectivity index (χ2v) is 4.68. The molecule has 0 amide bonds. The molecule has 1 aliphatic carbocycles. The molecule has 1 fully saturated rings. The second-order valence-electron chi connectivity index (χ2n) is 3.84. The molecule has 90 valence electrons. The van der Waals surface area contributed by atoms with E-state index in [2.05, 4.69) is 20.7 Å². The molecule has 0 bridgehead atoms. The van der Waals surface area contributed by atoms with Gasteiger partial charge in [0, 0.05) is 18.0 Å². The maximum absolute atomic E-state index is 11.3. The van der Waals surface area contributed by atoms with Crippen molar-refractivity contribution in [2.45, 2.75) is 25.3 Å². The predicted molar refractivity (Wildman–Crippen MR) is 64.1 cm³/mol. The molecule has 0 radical (unpaired) electrons. The highest BCUT2D eigenvalue weighted by Gasteiger charge is 2.31. The Morgan fingerprint density at radius 3 is 3.12 bits per heavy atom. The third kappa shape index (κ3) is 2.74. The Bertz CT molecular complexity index is 448. The molecule has 0 unspecified atom stereocenters. The summed E-state index contributed by atoms with van der Waals surface area (Å²) >= 11 is 1.42. The summed E-state index contributed by atoms with van der Waals surface area (Å²) in [4.78, 5) is 17.7. The molecular formula is C11H13N3O2S. The van der Waals surface area contributed by atoms with Crippen LogP contribution in [-0.4, -0.2) is 30.6 Å². The standard InChI is InChI=1S/C11H13N3O2S/c1-16-10(15)9-7-17-11(13-9)14(6-2-5-12)8-3-4-8/h7-8H,2-4,6H2,1H3. The van der Waals surface area contributed by atoms with E-state index in [0.29, 0.717) is 24.7 Å². The third-order valence-corrected chi connectivity index (χ3v) is 3.46. The molecule has 0 spiro atoms. The summed E-state index contributed by atoms with van der Waals surface area (Å²) in [7, 11) is 1.34. The zero-order chi connectivity index (χ0) is 12.3. The summed E-state index contributed by atoms with van der Waals surface area (Å²) in [5.74, 6) is -0.413. The predicted octanol–water partition coefficient (Wildman–Crippen LogP) is 1.81. The fourth-order valence-corrected chi connectivity index (χ4v) is 2.48. The highest BCUT2D eigenvalue weighted by molar-refractivity contribution is 7.13. The lowest BCUT2D eigenvalue weighted by Gasteiger charge is -2.19. The molecule has 0 saturated heterocycles. The van der Waals surface area contributed by atoms with Gasteiger partial charge in [-0.3, -0.25) is 0 Å². The molecule has 2 rings (SSSR count). The Balaban J connectivity index is 2.10. The van der Waals surface area contributed by atoms with Gasteiger partial charge in [-0.05, 0) is 12.8 Å². The number of hydrogen-bond acceptors (Lipinski definition) is 6. The molecule has 1 aromatic rings. The van der Waals surface area contributed by atoms with Gasteiger partial charge in [-0.1, -0.05) is 0 Å². The van der Waals surface area contributed by atoms with Crippen LogP contribution < -0.4 is 4.90 Å². The van der Waals surface area contributed by atoms with Crippen LogP contribution in [0, 0.1) is 11.3 Å². The van der Waals surface area contributed by atoms with Crippen LogP contribution >= 0.6 is 11.3 Å². The van der Waals surface area contributed by atoms with Gasteiger partial charge in [-0.2, -0.15) is 5.26 Å². The maximum Gasteiger partial charge on any atom is 0.357 e. The normalized spacial score (nSPS) is 14.1. The Hall–Kier alpha value is -1.61. The lowest BCUT2D eigenvalue weighted by Crippen LogP contribution is -2.26. The number of thiazole rings is 1. The molecule has 1 saturated carbocycles. The first-order valence-electron chi connectivity index (χ1n) is 5.43. The van der Waals surface area contributed by atoms with E-state index in [1.54, 1.807) is 5.38 Å². The molecule has 0 aliphatic heterocycles. The summed E-state index contributed by atoms with van der Waals surface area (Å²) in [6.07, 6.45) is 2.75. The summed E-state index contributed by atoms with van der Waals surface area (Å²) in [5.41, 5.74) is 0.343. The van der Waals surface area contributed by atoms with Gasteiger partial charge >= 0.3 is 5.97 Å². The zero-order valence-corrected chi connectivity index (χ0v) is 10.4. The van der Waals surface area contributed by atoms with Crippen LogP contribution in [0.15, 0.2) is 5.38 Å². The van der Waals surface area contributed by atoms with E-state index in [1.807, 2.05) is 0 Å². The molecule has 1 aromatic heterocycles. The van der Waals surface area contributed by atoms with Crippen molar-refractivity contribution >= 4 is 22.4 Å². The summed E-state index contributed by atoms with van der Waals surface area (Å²) in [6.45, 7) is 0.676. The minimum atomic E-state index is -0.413. The van der Waals surface area contributed by atoms with Gasteiger partial charge < -0.3 is 9.64 Å². The average Bonchev–Trinajstić information content (AvgIpc) is 3.06. The topological polar surface area (TPSA) is 66.2 Å². The van der Waals surface area contributed by atoms with Crippen LogP contribution in [0.1, 0.15) is 29.8 Å². The molecular weight excluding hydrogens is 238 g/mol. The first-order chi connectivity index (χ1) is 8.26. The zero-order valence-electron chi connectivity index (χ0n) is 9.55. The largest absolute Gasteiger partial charge is 0.464 e. The maximum atomic E-state index is 11.3. The van der Waals surface area contributed by atoms with Gasteiger partial charge in [0.1, 0.15) is 0 Å². The van der Waals surface area contributed by atoms with E-state index in [4.69, 9.17) is 5.26 Å². The van der Waals surface area contributed by atoms with Crippen molar-refractivity contribution in [3.05, 3.63) is 11.1 Å². The first kappa shape index (κ1) is 11.9. The Labute approximate surface area is 104 Å². The number of nitriles is 1. The fourth-order valence-electron chi connectivity index (χ4n) is 1.59. The van der Waals surface area contributed by atoms with Crippen LogP contribution in [0.3, 0.4) is 0 Å². The third-order valence-electron chi connectivity index (χ3n) is 2.58. The number of esters is 1. The van der Waals surface area contributed by atoms with Crippen LogP contribution in [0.2, 0.25) is 0 Å². The second kappa shape index (κ2) is 5.15. The molecule has 0 aromatic carbocycles. The highest BCUT2D eigenvalue weighted by Crippen LogP contribution is 2.33. The minimum Gasteiger partial charge on any atom is -0.464 e. The van der Waals surface area contributed by atoms with Crippen molar-refractivity contribution in [2.75, 3.05) is 18.6 Å². The van der Waals surface area contributed by atoms with Crippen LogP contribution in [0.4, 0.5) is 5.13 Å². The number of carbonyl (C=O) groups is 1. The Kier molecular flexibility index (Phi) is 3.59. The van der Waals surface area contributed by atoms with Gasteiger partial charge in [-0.15, -0.1) is 11.3 Å². The number of anilines is 1. The molecule has 1 heterocycles. The van der Waals surface area contributed by atoms with Crippen molar-refractivity contribution in [2.24, 2.45) is 0 Å². The number of methoxy groups -OCH3 is 1. The van der Waals surface area contributed by atoms with E-state index in [0.717, 1.165) is 18.0 Å². The fraction of sp³-hybridized carbons (Fsp3) is 0.545. The lowest BCUT2D eigenvalue weighted by atomic mass is 10.4. The van der Waals surface area contributed by atoms with Crippen molar-refractivity contribution in [3.63, 3.8) is 0 Å². The number of nitrogens with zero attached hydrogens (tertiary/aromatic N) is 3. The van der Waals surface area contributed by atoms with E-state index in [-0.39, 0.29) is 0 Å². The number of rotatable bonds is 5. The smallest absolute Gasteiger partial charge is 0.357 e. The summed E-state index contributed by atoms with van der Waals surface area (Å²) < 4.78 is 4.62. The van der Waals surface area contributed by atoms with Crippen LogP contribution in [0.5, 0.6) is 0 Å². The molecule has 6 heteroatoms. The van der Waals surface area contributed by atoms with Crippen LogP contribution in [0.25, 0.3) is 0 Å². The van der Waals surface area contributed by atoms with Crippen molar-refractivity contribution in [3.8, 4) is 6.07 Å². The van der Waals surface area contributed by atoms with Crippen molar-refractivity contribution in [1.82, 2.24) is 4.98 Å². The van der Waals surface area contributed by atoms with E-state index < -0.39 is 5.97 Å². The quantitative estimate of drug-likeness (QED) is 0.747. The Morgan fingerprint density at radius 2 is 2.53 bits per heavy atom. The molecule has 1 aliphatic rings. The van der Waals surface area contributed by atoms with Crippen LogP contribution in [-0.2, 0) is 4.74 Å². The highest BCUT2D eigenvalue weighted by atomic mass is 32.1. The van der Waals surface area contributed by atoms with E-state index in [9.17, 15) is 4.79 Å². The summed E-state index contributed by atoms with van der Waals surface area (Å²) in [5, 5.41) is 11.1. The first-order valence-corrected chi connectivity index (χ1v) is 6.31. The number of hydrogen-bond donors (Lipinski definition) is 0. The average molecular weight is 251 g/mol. The SMILES string of the molecule is COC(=O)c1csc(N(CCC#N)C2CC2)n1. The van der Waals surface area contributed by atoms with E-state index in [1.165, 1.54) is 18.4 Å². The number of aromatic nitrogens is 1. The van der Waals surface area contributed by atoms with Gasteiger partial charge in [0.15, 0.2) is 10.8 Å². The van der Waals surface area contributed by atoms with E-state index >= 15 is 0 Å². The van der Waals surface area contributed by atoms with Gasteiger partial charge in [0.05, 0.1) is 19.6 Å². The lowest BCUT2D eigenvalue weighted by molar-refractivity contribution is 0.0595. The molecule has 17 heavy (non-hydrogen) atoms. The van der Waals surface area contributed by atoms with Gasteiger partial charge in [0.2, 0.25) is 0 Å². The number of carbonyl (C=O) groups excluding carboxylic acids is 1. The van der Waals surface area contributed by atoms with Crippen molar-refractivity contribution in [1.29, 1.82) is 5.26 Å². The monoisotopic (exact) mass is 251 g/mol. The molecule has 5 nitrogen and oxygen atoms in total. The Morgan fingerprint density at radius 1 is 1.76 bits per heavy atom.